The SMILES string of the molecule is CCN1CC[NH+](Cc2c([O-])ccc3c2O/C(=C\c2cccc([N+](=O)[O-])c2)C3=O)CC1. The van der Waals surface area contributed by atoms with Gasteiger partial charge in [-0.3, -0.25) is 19.8 Å². The number of ether oxygens (including phenoxy) is 1. The number of benzene rings is 2. The van der Waals surface area contributed by atoms with Crippen molar-refractivity contribution in [2.45, 2.75) is 13.5 Å². The third kappa shape index (κ3) is 3.92. The number of carbonyl (C=O) groups is 1. The number of nitro groups is 1. The summed E-state index contributed by atoms with van der Waals surface area (Å²) in [5.74, 6) is -0.0510. The lowest BCUT2D eigenvalue weighted by atomic mass is 10.0. The molecule has 2 heterocycles. The van der Waals surface area contributed by atoms with Gasteiger partial charge in [-0.15, -0.1) is 0 Å². The molecule has 4 rings (SSSR count). The van der Waals surface area contributed by atoms with Crippen LogP contribution in [0, 0.1) is 10.1 Å². The van der Waals surface area contributed by atoms with E-state index < -0.39 is 4.92 Å². The van der Waals surface area contributed by atoms with Crippen LogP contribution in [-0.4, -0.2) is 48.3 Å². The number of likely N-dealkylation sites (N-methyl/N-ethyl adjacent to an activating group) is 1. The zero-order valence-electron chi connectivity index (χ0n) is 16.7. The van der Waals surface area contributed by atoms with Crippen LogP contribution in [-0.2, 0) is 6.54 Å². The first-order valence-electron chi connectivity index (χ1n) is 10.0. The number of nitrogens with zero attached hydrogens (tertiary/aromatic N) is 2. The van der Waals surface area contributed by atoms with E-state index in [0.29, 0.717) is 29.0 Å². The van der Waals surface area contributed by atoms with E-state index in [4.69, 9.17) is 4.74 Å². The molecule has 30 heavy (non-hydrogen) atoms. The van der Waals surface area contributed by atoms with E-state index in [1.54, 1.807) is 12.1 Å². The van der Waals surface area contributed by atoms with E-state index in [1.165, 1.54) is 35.2 Å². The maximum absolute atomic E-state index is 12.8. The molecule has 1 N–H and O–H groups in total. The molecule has 8 heteroatoms. The summed E-state index contributed by atoms with van der Waals surface area (Å²) >= 11 is 0. The number of carbonyl (C=O) groups excluding carboxylic acids is 1. The number of non-ortho nitro benzene ring substituents is 1. The Bertz CT molecular complexity index is 1030. The van der Waals surface area contributed by atoms with E-state index in [2.05, 4.69) is 11.8 Å². The molecule has 0 amide bonds. The van der Waals surface area contributed by atoms with Crippen LogP contribution in [0.25, 0.3) is 6.08 Å². The van der Waals surface area contributed by atoms with Crippen molar-refractivity contribution in [3.05, 3.63) is 69.0 Å². The van der Waals surface area contributed by atoms with Gasteiger partial charge >= 0.3 is 0 Å². The molecule has 2 aliphatic heterocycles. The zero-order chi connectivity index (χ0) is 21.3. The summed E-state index contributed by atoms with van der Waals surface area (Å²) in [6.07, 6.45) is 1.48. The Morgan fingerprint density at radius 1 is 1.23 bits per heavy atom. The Kier molecular flexibility index (Phi) is 5.52. The van der Waals surface area contributed by atoms with Gasteiger partial charge in [0.05, 0.1) is 23.6 Å². The van der Waals surface area contributed by atoms with Gasteiger partial charge in [-0.25, -0.2) is 0 Å². The lowest BCUT2D eigenvalue weighted by Gasteiger charge is -2.32. The summed E-state index contributed by atoms with van der Waals surface area (Å²) in [7, 11) is 0. The lowest BCUT2D eigenvalue weighted by molar-refractivity contribution is -0.918. The van der Waals surface area contributed by atoms with Crippen LogP contribution >= 0.6 is 0 Å². The molecule has 2 aromatic rings. The molecule has 0 aromatic heterocycles. The first kappa shape index (κ1) is 20.1. The number of hydrogen-bond acceptors (Lipinski definition) is 6. The standard InChI is InChI=1S/C22H23N3O5/c1-2-23-8-10-24(11-9-23)14-18-19(26)7-6-17-21(27)20(30-22(17)18)13-15-4-3-5-16(12-15)25(28)29/h3-7,12-13,26H,2,8-11,14H2,1H3/b20-13-. The maximum atomic E-state index is 12.8. The third-order valence-electron chi connectivity index (χ3n) is 5.71. The first-order chi connectivity index (χ1) is 14.5. The average molecular weight is 409 g/mol. The van der Waals surface area contributed by atoms with Gasteiger partial charge < -0.3 is 14.7 Å². The highest BCUT2D eigenvalue weighted by molar-refractivity contribution is 6.15. The minimum absolute atomic E-state index is 0.0651. The minimum Gasteiger partial charge on any atom is -0.872 e. The molecule has 2 aromatic carbocycles. The minimum atomic E-state index is -0.489. The van der Waals surface area contributed by atoms with Crippen molar-refractivity contribution in [1.82, 2.24) is 4.90 Å². The van der Waals surface area contributed by atoms with Gasteiger partial charge in [0.25, 0.3) is 5.69 Å². The highest BCUT2D eigenvalue weighted by Gasteiger charge is 2.31. The van der Waals surface area contributed by atoms with E-state index in [-0.39, 0.29) is 23.0 Å². The quantitative estimate of drug-likeness (QED) is 0.449. The van der Waals surface area contributed by atoms with Crippen LogP contribution in [0.4, 0.5) is 5.69 Å². The summed E-state index contributed by atoms with van der Waals surface area (Å²) in [6.45, 7) is 7.49. The number of piperazine rings is 1. The van der Waals surface area contributed by atoms with E-state index in [9.17, 15) is 20.0 Å². The topological polar surface area (TPSA) is 100 Å². The van der Waals surface area contributed by atoms with Gasteiger partial charge in [-0.1, -0.05) is 30.9 Å². The molecular weight excluding hydrogens is 386 g/mol. The number of ketones is 1. The molecular formula is C22H23N3O5. The van der Waals surface area contributed by atoms with Crippen molar-refractivity contribution >= 4 is 17.5 Å². The normalized spacial score (nSPS) is 18.4. The first-order valence-corrected chi connectivity index (χ1v) is 10.0. The number of fused-ring (bicyclic) bond motifs is 1. The van der Waals surface area contributed by atoms with Crippen LogP contribution in [0.5, 0.6) is 11.5 Å². The summed E-state index contributed by atoms with van der Waals surface area (Å²) in [5, 5.41) is 23.5. The van der Waals surface area contributed by atoms with Crippen molar-refractivity contribution in [2.24, 2.45) is 0 Å². The smallest absolute Gasteiger partial charge is 0.270 e. The second-order valence-corrected chi connectivity index (χ2v) is 7.57. The van der Waals surface area contributed by atoms with Crippen LogP contribution in [0.3, 0.4) is 0 Å². The Hall–Kier alpha value is -3.23. The Balaban J connectivity index is 1.59. The molecule has 0 bridgehead atoms. The van der Waals surface area contributed by atoms with Gasteiger partial charge in [0.15, 0.2) is 5.76 Å². The predicted molar refractivity (Wildman–Crippen MR) is 108 cm³/mol. The second-order valence-electron chi connectivity index (χ2n) is 7.57. The third-order valence-corrected chi connectivity index (χ3v) is 5.71. The molecule has 2 aliphatic rings. The fourth-order valence-electron chi connectivity index (χ4n) is 3.95. The van der Waals surface area contributed by atoms with Crippen molar-refractivity contribution in [3.8, 4) is 11.5 Å². The molecule has 0 atom stereocenters. The van der Waals surface area contributed by atoms with Gasteiger partial charge in [-0.2, -0.15) is 0 Å². The van der Waals surface area contributed by atoms with E-state index >= 15 is 0 Å². The number of Topliss-reactive ketones (excluding diaryl/α,β-unsaturated/α-hetero) is 1. The van der Waals surface area contributed by atoms with E-state index in [1.807, 2.05) is 0 Å². The molecule has 156 valence electrons. The van der Waals surface area contributed by atoms with Gasteiger partial charge in [-0.05, 0) is 24.3 Å². The molecule has 0 spiro atoms. The van der Waals surface area contributed by atoms with Crippen LogP contribution in [0.15, 0.2) is 42.2 Å². The fraction of sp³-hybridized carbons (Fsp3) is 0.318. The highest BCUT2D eigenvalue weighted by atomic mass is 16.6. The molecule has 1 fully saturated rings. The summed E-state index contributed by atoms with van der Waals surface area (Å²) in [5.41, 5.74) is 1.31. The van der Waals surface area contributed by atoms with Crippen molar-refractivity contribution in [2.75, 3.05) is 32.7 Å². The second kappa shape index (κ2) is 8.25. The fourth-order valence-corrected chi connectivity index (χ4v) is 3.95. The van der Waals surface area contributed by atoms with Crippen molar-refractivity contribution < 1.29 is 24.5 Å². The molecule has 8 nitrogen and oxygen atoms in total. The van der Waals surface area contributed by atoms with Crippen molar-refractivity contribution in [3.63, 3.8) is 0 Å². The van der Waals surface area contributed by atoms with Crippen LogP contribution in [0.2, 0.25) is 0 Å². The van der Waals surface area contributed by atoms with Crippen molar-refractivity contribution in [1.29, 1.82) is 0 Å². The van der Waals surface area contributed by atoms with E-state index in [0.717, 1.165) is 32.7 Å². The van der Waals surface area contributed by atoms with Crippen LogP contribution < -0.4 is 14.7 Å². The van der Waals surface area contributed by atoms with Gasteiger partial charge in [0, 0.05) is 30.8 Å². The average Bonchev–Trinajstić information content (AvgIpc) is 3.06. The molecule has 0 radical (unpaired) electrons. The zero-order valence-corrected chi connectivity index (χ0v) is 16.7. The summed E-state index contributed by atoms with van der Waals surface area (Å²) in [4.78, 5) is 27.0. The Morgan fingerprint density at radius 3 is 2.70 bits per heavy atom. The monoisotopic (exact) mass is 409 g/mol. The molecule has 0 unspecified atom stereocenters. The Morgan fingerprint density at radius 2 is 2.00 bits per heavy atom. The number of quaternary nitrogens is 1. The molecule has 0 aliphatic carbocycles. The predicted octanol–water partition coefficient (Wildman–Crippen LogP) is 1.01. The lowest BCUT2D eigenvalue weighted by Crippen LogP contribution is -3.13. The maximum Gasteiger partial charge on any atom is 0.270 e. The van der Waals surface area contributed by atoms with Gasteiger partial charge in [0.1, 0.15) is 12.3 Å². The number of nitrogens with one attached hydrogen (secondary N) is 1. The largest absolute Gasteiger partial charge is 0.872 e. The Labute approximate surface area is 174 Å². The molecule has 1 saturated heterocycles. The molecule has 0 saturated carbocycles. The summed E-state index contributed by atoms with van der Waals surface area (Å²) < 4.78 is 5.84. The number of nitro benzene ring substituents is 1. The summed E-state index contributed by atoms with van der Waals surface area (Å²) in [6, 6.07) is 8.91. The highest BCUT2D eigenvalue weighted by Crippen LogP contribution is 2.38. The van der Waals surface area contributed by atoms with Crippen LogP contribution in [0.1, 0.15) is 28.4 Å². The number of rotatable bonds is 5. The van der Waals surface area contributed by atoms with Gasteiger partial charge in [0.2, 0.25) is 5.78 Å². The number of hydrogen-bond donors (Lipinski definition) is 1. The number of allylic oxidation sites excluding steroid dienone is 1.